The number of hydrogen-bond acceptors (Lipinski definition) is 1. The molecule has 76 valence electrons. The van der Waals surface area contributed by atoms with Crippen molar-refractivity contribution in [3.8, 4) is 11.8 Å². The summed E-state index contributed by atoms with van der Waals surface area (Å²) in [6.45, 7) is 4.52. The third-order valence-corrected chi connectivity index (χ3v) is 2.00. The Morgan fingerprint density at radius 3 is 2.93 bits per heavy atom. The van der Waals surface area contributed by atoms with Gasteiger partial charge in [0.15, 0.2) is 0 Å². The van der Waals surface area contributed by atoms with Crippen LogP contribution in [-0.2, 0) is 0 Å². The molecule has 0 aliphatic carbocycles. The molecule has 0 aliphatic rings. The summed E-state index contributed by atoms with van der Waals surface area (Å²) in [5.41, 5.74) is 10.3. The highest BCUT2D eigenvalue weighted by molar-refractivity contribution is 5.38. The zero-order valence-corrected chi connectivity index (χ0v) is 8.94. The zero-order chi connectivity index (χ0) is 11.1. The second-order valence-electron chi connectivity index (χ2n) is 3.47. The topological polar surface area (TPSA) is 48.8 Å². The fraction of sp³-hybridized carbons (Fsp3) is 0.333. The van der Waals surface area contributed by atoms with Crippen molar-refractivity contribution in [1.29, 1.82) is 0 Å². The number of azide groups is 1. The molecule has 1 rings (SSSR count). The first-order chi connectivity index (χ1) is 7.24. The van der Waals surface area contributed by atoms with E-state index in [4.69, 9.17) is 5.53 Å². The molecule has 0 bridgehead atoms. The van der Waals surface area contributed by atoms with E-state index in [1.807, 2.05) is 12.1 Å². The van der Waals surface area contributed by atoms with Gasteiger partial charge in [0.2, 0.25) is 0 Å². The van der Waals surface area contributed by atoms with Gasteiger partial charge >= 0.3 is 0 Å². The van der Waals surface area contributed by atoms with E-state index in [9.17, 15) is 0 Å². The largest absolute Gasteiger partial charge is 0.0919 e. The summed E-state index contributed by atoms with van der Waals surface area (Å²) in [6, 6.07) is 8.10. The van der Waals surface area contributed by atoms with Crippen LogP contribution in [0.25, 0.3) is 10.4 Å². The van der Waals surface area contributed by atoms with E-state index in [-0.39, 0.29) is 6.54 Å². The summed E-state index contributed by atoms with van der Waals surface area (Å²) in [5.74, 6) is 6.26. The first-order valence-electron chi connectivity index (χ1n) is 4.83. The molecule has 3 nitrogen and oxygen atoms in total. The van der Waals surface area contributed by atoms with E-state index < -0.39 is 0 Å². The fourth-order valence-corrected chi connectivity index (χ4v) is 1.18. The Labute approximate surface area is 89.8 Å². The Morgan fingerprint density at radius 1 is 1.47 bits per heavy atom. The van der Waals surface area contributed by atoms with Gasteiger partial charge < -0.3 is 0 Å². The minimum absolute atomic E-state index is 0.225. The fourth-order valence-electron chi connectivity index (χ4n) is 1.18. The quantitative estimate of drug-likeness (QED) is 0.303. The maximum atomic E-state index is 8.07. The molecule has 0 saturated heterocycles. The third kappa shape index (κ3) is 3.76. The number of nitrogens with zero attached hydrogens (tertiary/aromatic N) is 3. The molecule has 0 atom stereocenters. The van der Waals surface area contributed by atoms with Gasteiger partial charge in [-0.05, 0) is 29.1 Å². The summed E-state index contributed by atoms with van der Waals surface area (Å²) in [5, 5.41) is 3.35. The predicted octanol–water partition coefficient (Wildman–Crippen LogP) is 3.47. The first kappa shape index (κ1) is 11.2. The second-order valence-corrected chi connectivity index (χ2v) is 3.47. The van der Waals surface area contributed by atoms with Crippen molar-refractivity contribution in [2.75, 3.05) is 6.54 Å². The lowest BCUT2D eigenvalue weighted by molar-refractivity contribution is 0.866. The lowest BCUT2D eigenvalue weighted by Crippen LogP contribution is -1.87. The van der Waals surface area contributed by atoms with Crippen LogP contribution in [0.4, 0.5) is 0 Å². The third-order valence-electron chi connectivity index (χ3n) is 2.00. The van der Waals surface area contributed by atoms with Crippen LogP contribution < -0.4 is 0 Å². The molecule has 1 aromatic rings. The Morgan fingerprint density at radius 2 is 2.27 bits per heavy atom. The van der Waals surface area contributed by atoms with Gasteiger partial charge in [0.25, 0.3) is 0 Å². The van der Waals surface area contributed by atoms with Gasteiger partial charge in [0.1, 0.15) is 0 Å². The maximum absolute atomic E-state index is 8.07. The van der Waals surface area contributed by atoms with Crippen LogP contribution in [0.5, 0.6) is 0 Å². The van der Waals surface area contributed by atoms with Gasteiger partial charge in [-0.3, -0.25) is 0 Å². The first-order valence-corrected chi connectivity index (χ1v) is 4.83. The SMILES string of the molecule is CC(C)c1cccc(C#CCN=[N+]=[N-])c1. The minimum Gasteiger partial charge on any atom is -0.0919 e. The number of hydrogen-bond donors (Lipinski definition) is 0. The molecule has 0 spiro atoms. The average molecular weight is 199 g/mol. The van der Waals surface area contributed by atoms with Crippen molar-refractivity contribution in [2.45, 2.75) is 19.8 Å². The molecule has 3 heteroatoms. The van der Waals surface area contributed by atoms with Gasteiger partial charge in [0.05, 0.1) is 6.54 Å². The lowest BCUT2D eigenvalue weighted by Gasteiger charge is -2.04. The molecular formula is C12H13N3. The van der Waals surface area contributed by atoms with E-state index >= 15 is 0 Å². The van der Waals surface area contributed by atoms with Gasteiger partial charge in [-0.25, -0.2) is 0 Å². The van der Waals surface area contributed by atoms with Crippen molar-refractivity contribution in [3.05, 3.63) is 45.8 Å². The van der Waals surface area contributed by atoms with E-state index in [0.29, 0.717) is 5.92 Å². The van der Waals surface area contributed by atoms with E-state index in [0.717, 1.165) is 5.56 Å². The van der Waals surface area contributed by atoms with Gasteiger partial charge in [-0.15, -0.1) is 0 Å². The Kier molecular flexibility index (Phi) is 4.28. The Bertz CT molecular complexity index is 432. The van der Waals surface area contributed by atoms with Crippen LogP contribution in [0.1, 0.15) is 30.9 Å². The minimum atomic E-state index is 0.225. The number of benzene rings is 1. The standard InChI is InChI=1S/C12H13N3/c1-10(2)12-7-3-5-11(9-12)6-4-8-14-15-13/h3,5,7,9-10H,8H2,1-2H3. The molecule has 0 fully saturated rings. The van der Waals surface area contributed by atoms with Crippen LogP contribution in [0.15, 0.2) is 29.4 Å². The van der Waals surface area contributed by atoms with Crippen LogP contribution in [0.3, 0.4) is 0 Å². The Balaban J connectivity index is 2.80. The molecule has 0 amide bonds. The molecule has 1 aromatic carbocycles. The summed E-state index contributed by atoms with van der Waals surface area (Å²) < 4.78 is 0. The van der Waals surface area contributed by atoms with E-state index in [2.05, 4.69) is 47.8 Å². The molecule has 0 unspecified atom stereocenters. The highest BCUT2D eigenvalue weighted by Crippen LogP contribution is 2.14. The van der Waals surface area contributed by atoms with Gasteiger partial charge in [0, 0.05) is 10.5 Å². The highest BCUT2D eigenvalue weighted by Gasteiger charge is 1.97. The number of rotatable bonds is 2. The molecule has 0 saturated carbocycles. The van der Waals surface area contributed by atoms with Crippen molar-refractivity contribution < 1.29 is 0 Å². The summed E-state index contributed by atoms with van der Waals surface area (Å²) in [7, 11) is 0. The smallest absolute Gasteiger partial charge is 0.0880 e. The maximum Gasteiger partial charge on any atom is 0.0880 e. The van der Waals surface area contributed by atoms with Crippen molar-refractivity contribution in [2.24, 2.45) is 5.11 Å². The lowest BCUT2D eigenvalue weighted by atomic mass is 10.0. The van der Waals surface area contributed by atoms with Crippen molar-refractivity contribution in [1.82, 2.24) is 0 Å². The molecule has 0 aliphatic heterocycles. The molecule has 15 heavy (non-hydrogen) atoms. The van der Waals surface area contributed by atoms with E-state index in [1.165, 1.54) is 5.56 Å². The molecule has 0 aromatic heterocycles. The molecule has 0 radical (unpaired) electrons. The second kappa shape index (κ2) is 5.74. The van der Waals surface area contributed by atoms with Crippen LogP contribution in [0, 0.1) is 11.8 Å². The normalized spacial score (nSPS) is 9.00. The van der Waals surface area contributed by atoms with Crippen LogP contribution in [-0.4, -0.2) is 6.54 Å². The molecular weight excluding hydrogens is 186 g/mol. The summed E-state index contributed by atoms with van der Waals surface area (Å²) in [4.78, 5) is 2.64. The van der Waals surface area contributed by atoms with Gasteiger partial charge in [-0.2, -0.15) is 0 Å². The van der Waals surface area contributed by atoms with Crippen molar-refractivity contribution >= 4 is 0 Å². The highest BCUT2D eigenvalue weighted by atomic mass is 15.1. The Hall–Kier alpha value is -1.91. The zero-order valence-electron chi connectivity index (χ0n) is 8.94. The molecule has 0 N–H and O–H groups in total. The summed E-state index contributed by atoms with van der Waals surface area (Å²) in [6.07, 6.45) is 0. The van der Waals surface area contributed by atoms with Gasteiger partial charge in [-0.1, -0.05) is 42.9 Å². The van der Waals surface area contributed by atoms with Crippen LogP contribution >= 0.6 is 0 Å². The van der Waals surface area contributed by atoms with Crippen molar-refractivity contribution in [3.63, 3.8) is 0 Å². The predicted molar refractivity (Wildman–Crippen MR) is 61.4 cm³/mol. The summed E-state index contributed by atoms with van der Waals surface area (Å²) >= 11 is 0. The average Bonchev–Trinajstić information content (AvgIpc) is 2.25. The monoisotopic (exact) mass is 199 g/mol. The van der Waals surface area contributed by atoms with Crippen LogP contribution in [0.2, 0.25) is 0 Å². The van der Waals surface area contributed by atoms with E-state index in [1.54, 1.807) is 0 Å². The molecule has 0 heterocycles.